The topological polar surface area (TPSA) is 43.7 Å². The van der Waals surface area contributed by atoms with E-state index in [-0.39, 0.29) is 29.6 Å². The van der Waals surface area contributed by atoms with Gasteiger partial charge in [0.15, 0.2) is 5.43 Å². The van der Waals surface area contributed by atoms with Crippen molar-refractivity contribution in [2.75, 3.05) is 20.8 Å². The average molecular weight is 635 g/mol. The van der Waals surface area contributed by atoms with Crippen molar-refractivity contribution in [3.05, 3.63) is 123 Å². The van der Waals surface area contributed by atoms with Gasteiger partial charge in [-0.05, 0) is 49.2 Å². The highest BCUT2D eigenvalue weighted by Crippen LogP contribution is 2.43. The van der Waals surface area contributed by atoms with Crippen molar-refractivity contribution in [2.24, 2.45) is 5.92 Å². The van der Waals surface area contributed by atoms with Gasteiger partial charge in [-0.25, -0.2) is 4.39 Å². The van der Waals surface area contributed by atoms with Crippen LogP contribution in [0.4, 0.5) is 4.39 Å². The van der Waals surface area contributed by atoms with Crippen molar-refractivity contribution in [2.45, 2.75) is 46.5 Å². The van der Waals surface area contributed by atoms with Crippen LogP contribution in [0.3, 0.4) is 0 Å². The van der Waals surface area contributed by atoms with Crippen LogP contribution >= 0.6 is 23.7 Å². The zero-order valence-corrected chi connectivity index (χ0v) is 27.5. The lowest BCUT2D eigenvalue weighted by Gasteiger charge is -2.23. The number of benzene rings is 3. The summed E-state index contributed by atoms with van der Waals surface area (Å²) in [5, 5.41) is 0.657. The van der Waals surface area contributed by atoms with Crippen molar-refractivity contribution < 1.29 is 13.9 Å². The van der Waals surface area contributed by atoms with Crippen molar-refractivity contribution in [3.8, 4) is 16.2 Å². The molecule has 0 saturated carbocycles. The van der Waals surface area contributed by atoms with Crippen LogP contribution in [0.1, 0.15) is 49.1 Å². The second kappa shape index (κ2) is 15.0. The molecule has 0 N–H and O–H groups in total. The predicted molar refractivity (Wildman–Crippen MR) is 182 cm³/mol. The molecule has 0 saturated heterocycles. The fraction of sp³-hybridized carbons (Fsp3) is 0.306. The summed E-state index contributed by atoms with van der Waals surface area (Å²) in [4.78, 5) is 18.6. The molecule has 5 aromatic rings. The molecule has 0 fully saturated rings. The van der Waals surface area contributed by atoms with Gasteiger partial charge in [0.25, 0.3) is 0 Å². The van der Waals surface area contributed by atoms with Crippen LogP contribution in [0.15, 0.2) is 89.9 Å². The Labute approximate surface area is 269 Å². The van der Waals surface area contributed by atoms with Crippen molar-refractivity contribution in [1.82, 2.24) is 9.47 Å². The van der Waals surface area contributed by atoms with Crippen LogP contribution in [0, 0.1) is 11.7 Å². The monoisotopic (exact) mass is 634 g/mol. The fourth-order valence-corrected chi connectivity index (χ4v) is 7.00. The van der Waals surface area contributed by atoms with E-state index >= 15 is 0 Å². The zero-order valence-electron chi connectivity index (χ0n) is 25.9. The largest absolute Gasteiger partial charge is 0.496 e. The minimum atomic E-state index is -0.390. The number of hydrogen-bond acceptors (Lipinski definition) is 5. The first-order valence-corrected chi connectivity index (χ1v) is 15.5. The van der Waals surface area contributed by atoms with Gasteiger partial charge in [0.2, 0.25) is 0 Å². The lowest BCUT2D eigenvalue weighted by atomic mass is 9.97. The molecule has 8 heteroatoms. The summed E-state index contributed by atoms with van der Waals surface area (Å²) in [6.07, 6.45) is 1.50. The Hall–Kier alpha value is -3.49. The van der Waals surface area contributed by atoms with E-state index in [0.717, 1.165) is 33.1 Å². The van der Waals surface area contributed by atoms with Gasteiger partial charge < -0.3 is 14.0 Å². The van der Waals surface area contributed by atoms with Gasteiger partial charge >= 0.3 is 0 Å². The van der Waals surface area contributed by atoms with Gasteiger partial charge in [-0.2, -0.15) is 0 Å². The third-order valence-corrected chi connectivity index (χ3v) is 8.97. The Morgan fingerprint density at radius 1 is 0.955 bits per heavy atom. The van der Waals surface area contributed by atoms with Crippen LogP contribution in [0.25, 0.3) is 20.7 Å². The number of nitrogens with zero attached hydrogens (tertiary/aromatic N) is 2. The molecular weight excluding hydrogens is 595 g/mol. The molecule has 1 atom stereocenters. The molecule has 5 nitrogen and oxygen atoms in total. The Kier molecular flexibility index (Phi) is 11.4. The van der Waals surface area contributed by atoms with E-state index in [1.807, 2.05) is 66.2 Å². The van der Waals surface area contributed by atoms with E-state index in [9.17, 15) is 9.18 Å². The summed E-state index contributed by atoms with van der Waals surface area (Å²) in [5.74, 6) is 0.540. The zero-order chi connectivity index (χ0) is 30.5. The first-order valence-electron chi connectivity index (χ1n) is 14.7. The summed E-state index contributed by atoms with van der Waals surface area (Å²) in [5.41, 5.74) is 4.18. The van der Waals surface area contributed by atoms with E-state index < -0.39 is 6.10 Å². The second-order valence-electron chi connectivity index (χ2n) is 11.2. The Morgan fingerprint density at radius 3 is 2.32 bits per heavy atom. The number of thiophene rings is 1. The molecule has 3 aromatic carbocycles. The maximum atomic E-state index is 15.0. The van der Waals surface area contributed by atoms with Gasteiger partial charge in [0.1, 0.15) is 16.4 Å². The summed E-state index contributed by atoms with van der Waals surface area (Å²) >= 11 is 1.56. The molecule has 0 bridgehead atoms. The second-order valence-corrected chi connectivity index (χ2v) is 12.2. The van der Waals surface area contributed by atoms with Crippen LogP contribution in [-0.2, 0) is 24.4 Å². The lowest BCUT2D eigenvalue weighted by Crippen LogP contribution is -2.24. The third-order valence-electron chi connectivity index (χ3n) is 7.67. The van der Waals surface area contributed by atoms with E-state index in [2.05, 4.69) is 37.9 Å². The quantitative estimate of drug-likeness (QED) is 0.138. The molecule has 232 valence electrons. The highest BCUT2D eigenvalue weighted by molar-refractivity contribution is 7.22. The maximum absolute atomic E-state index is 15.0. The maximum Gasteiger partial charge on any atom is 0.196 e. The van der Waals surface area contributed by atoms with Crippen molar-refractivity contribution >= 4 is 34.0 Å². The fourth-order valence-electron chi connectivity index (χ4n) is 5.69. The van der Waals surface area contributed by atoms with E-state index in [0.29, 0.717) is 36.2 Å². The number of methoxy groups -OCH3 is 1. The average Bonchev–Trinajstić information content (AvgIpc) is 3.38. The molecule has 2 heterocycles. The van der Waals surface area contributed by atoms with Crippen LogP contribution in [0.2, 0.25) is 0 Å². The van der Waals surface area contributed by atoms with E-state index in [4.69, 9.17) is 9.47 Å². The first kappa shape index (κ1) is 33.4. The van der Waals surface area contributed by atoms with Crippen LogP contribution < -0.4 is 10.2 Å². The van der Waals surface area contributed by atoms with E-state index in [1.54, 1.807) is 30.6 Å². The Balaban J connectivity index is 0.00000442. The SMILES string of the molecule is CCOC(c1cn(Cc2ccccc2F)c2sc(-c3ccccc3OC)c(CN(C)Cc3ccccc3)c2c1=O)C(C)C.Cl. The number of para-hydroxylation sites is 1. The van der Waals surface area contributed by atoms with Crippen molar-refractivity contribution in [1.29, 1.82) is 0 Å². The van der Waals surface area contributed by atoms with Crippen LogP contribution in [-0.4, -0.2) is 30.2 Å². The minimum Gasteiger partial charge on any atom is -0.496 e. The summed E-state index contributed by atoms with van der Waals surface area (Å²) in [6, 6.07) is 25.0. The van der Waals surface area contributed by atoms with Gasteiger partial charge in [0, 0.05) is 47.5 Å². The normalized spacial score (nSPS) is 12.1. The molecule has 0 aliphatic rings. The van der Waals surface area contributed by atoms with Crippen molar-refractivity contribution in [3.63, 3.8) is 0 Å². The smallest absolute Gasteiger partial charge is 0.196 e. The third kappa shape index (κ3) is 7.08. The molecule has 0 aliphatic carbocycles. The first-order chi connectivity index (χ1) is 20.8. The molecule has 0 amide bonds. The lowest BCUT2D eigenvalue weighted by molar-refractivity contribution is 0.0285. The molecule has 0 spiro atoms. The number of ether oxygens (including phenoxy) is 2. The molecule has 44 heavy (non-hydrogen) atoms. The molecule has 1 unspecified atom stereocenters. The Morgan fingerprint density at radius 2 is 1.64 bits per heavy atom. The summed E-state index contributed by atoms with van der Waals surface area (Å²) in [6.45, 7) is 8.11. The Bertz CT molecular complexity index is 1750. The number of halogens is 2. The van der Waals surface area contributed by atoms with Gasteiger partial charge in [0.05, 0.1) is 25.1 Å². The van der Waals surface area contributed by atoms with Gasteiger partial charge in [-0.1, -0.05) is 74.5 Å². The number of pyridine rings is 1. The predicted octanol–water partition coefficient (Wildman–Crippen LogP) is 8.71. The highest BCUT2D eigenvalue weighted by atomic mass is 35.5. The molecule has 0 aliphatic heterocycles. The minimum absolute atomic E-state index is 0. The number of aromatic nitrogens is 1. The molecule has 2 aromatic heterocycles. The number of hydrogen-bond donors (Lipinski definition) is 0. The van der Waals surface area contributed by atoms with Gasteiger partial charge in [-0.15, -0.1) is 23.7 Å². The number of fused-ring (bicyclic) bond motifs is 1. The standard InChI is InChI=1S/C36H39FN2O3S.ClH/c1-6-42-34(24(2)3)29-23-39(21-26-16-10-12-18-30(26)37)36-32(33(29)40)28(22-38(4)20-25-14-8-7-9-15-25)35(43-36)27-17-11-13-19-31(27)41-5;/h7-19,23-24,34H,6,20-22H2,1-5H3;1H. The summed E-state index contributed by atoms with van der Waals surface area (Å²) in [7, 11) is 3.74. The molecule has 0 radical (unpaired) electrons. The van der Waals surface area contributed by atoms with Gasteiger partial charge in [-0.3, -0.25) is 9.69 Å². The highest BCUT2D eigenvalue weighted by Gasteiger charge is 2.27. The summed E-state index contributed by atoms with van der Waals surface area (Å²) < 4.78 is 29.0. The molecular formula is C36H40ClFN2O3S. The number of rotatable bonds is 12. The molecule has 5 rings (SSSR count). The van der Waals surface area contributed by atoms with Crippen LogP contribution in [0.5, 0.6) is 5.75 Å². The van der Waals surface area contributed by atoms with E-state index in [1.165, 1.54) is 11.6 Å².